The highest BCUT2D eigenvalue weighted by Crippen LogP contribution is 2.13. The summed E-state index contributed by atoms with van der Waals surface area (Å²) in [7, 11) is 1.75. The lowest BCUT2D eigenvalue weighted by molar-refractivity contribution is -0.137. The number of amides is 1. The Morgan fingerprint density at radius 1 is 1.45 bits per heavy atom. The number of hydrogen-bond donors (Lipinski definition) is 3. The van der Waals surface area contributed by atoms with Gasteiger partial charge in [0, 0.05) is 17.9 Å². The van der Waals surface area contributed by atoms with Crippen molar-refractivity contribution in [1.82, 2.24) is 4.90 Å². The Balaban J connectivity index is 2.64. The molecule has 0 fully saturated rings. The molecular weight excluding hydrogens is 258 g/mol. The molecule has 4 N–H and O–H groups in total. The van der Waals surface area contributed by atoms with Crippen molar-refractivity contribution < 1.29 is 14.7 Å². The maximum absolute atomic E-state index is 12.2. The number of nitrogens with zero attached hydrogens (tertiary/aromatic N) is 1. The van der Waals surface area contributed by atoms with Crippen LogP contribution in [-0.2, 0) is 9.59 Å². The van der Waals surface area contributed by atoms with Crippen LogP contribution in [0.3, 0.4) is 0 Å². The molecule has 1 unspecified atom stereocenters. The quantitative estimate of drug-likeness (QED) is 0.656. The molecule has 0 aliphatic rings. The van der Waals surface area contributed by atoms with Crippen LogP contribution in [0.1, 0.15) is 19.8 Å². The van der Waals surface area contributed by atoms with Gasteiger partial charge >= 0.3 is 5.97 Å². The number of nitrogens with two attached hydrogens (primary N) is 1. The fraction of sp³-hybridized carbons (Fsp3) is 0.429. The molecule has 0 saturated heterocycles. The van der Waals surface area contributed by atoms with Crippen LogP contribution in [-0.4, -0.2) is 41.5 Å². The van der Waals surface area contributed by atoms with Gasteiger partial charge < -0.3 is 16.2 Å². The Morgan fingerprint density at radius 2 is 2.15 bits per heavy atom. The standard InChI is InChI=1S/C14H21N3O3/c1-3-12(17(2)8-7-13(18)19)14(20)16-11-6-4-5-10(15)9-11/h4-6,9,12H,3,7-8,15H2,1-2H3,(H,16,20)(H,18,19). The van der Waals surface area contributed by atoms with Gasteiger partial charge in [-0.25, -0.2) is 0 Å². The number of hydrogen-bond acceptors (Lipinski definition) is 4. The Morgan fingerprint density at radius 3 is 2.70 bits per heavy atom. The van der Waals surface area contributed by atoms with E-state index in [1.165, 1.54) is 0 Å². The Labute approximate surface area is 118 Å². The zero-order valence-electron chi connectivity index (χ0n) is 11.8. The predicted octanol–water partition coefficient (Wildman–Crippen LogP) is 1.39. The van der Waals surface area contributed by atoms with Crippen molar-refractivity contribution in [2.24, 2.45) is 0 Å². The highest BCUT2D eigenvalue weighted by atomic mass is 16.4. The molecule has 0 heterocycles. The van der Waals surface area contributed by atoms with Crippen molar-refractivity contribution in [3.63, 3.8) is 0 Å². The molecule has 1 aromatic rings. The number of benzene rings is 1. The molecule has 0 bridgehead atoms. The molecule has 110 valence electrons. The molecule has 0 aromatic heterocycles. The van der Waals surface area contributed by atoms with E-state index in [1.54, 1.807) is 36.2 Å². The Bertz CT molecular complexity index is 476. The average molecular weight is 279 g/mol. The van der Waals surface area contributed by atoms with Crippen LogP contribution in [0.4, 0.5) is 11.4 Å². The molecule has 0 aliphatic carbocycles. The number of carboxylic acids is 1. The third-order valence-electron chi connectivity index (χ3n) is 3.05. The summed E-state index contributed by atoms with van der Waals surface area (Å²) in [6.45, 7) is 2.22. The summed E-state index contributed by atoms with van der Waals surface area (Å²) in [5.74, 6) is -1.03. The average Bonchev–Trinajstić information content (AvgIpc) is 2.37. The molecule has 0 spiro atoms. The maximum atomic E-state index is 12.2. The third kappa shape index (κ3) is 4.89. The van der Waals surface area contributed by atoms with Gasteiger partial charge in [0.2, 0.25) is 5.91 Å². The third-order valence-corrected chi connectivity index (χ3v) is 3.05. The van der Waals surface area contributed by atoms with E-state index in [2.05, 4.69) is 5.32 Å². The van der Waals surface area contributed by atoms with E-state index >= 15 is 0 Å². The van der Waals surface area contributed by atoms with Gasteiger partial charge in [0.05, 0.1) is 12.5 Å². The van der Waals surface area contributed by atoms with Crippen LogP contribution in [0, 0.1) is 0 Å². The van der Waals surface area contributed by atoms with Crippen LogP contribution in [0.15, 0.2) is 24.3 Å². The van der Waals surface area contributed by atoms with Gasteiger partial charge in [0.15, 0.2) is 0 Å². The van der Waals surface area contributed by atoms with Crippen LogP contribution in [0.2, 0.25) is 0 Å². The van der Waals surface area contributed by atoms with Crippen molar-refractivity contribution in [3.8, 4) is 0 Å². The summed E-state index contributed by atoms with van der Waals surface area (Å²) in [5, 5.41) is 11.5. The first kappa shape index (κ1) is 16.0. The molecule has 1 atom stereocenters. The van der Waals surface area contributed by atoms with E-state index in [0.717, 1.165) is 0 Å². The van der Waals surface area contributed by atoms with Gasteiger partial charge in [-0.2, -0.15) is 0 Å². The molecule has 0 radical (unpaired) electrons. The summed E-state index contributed by atoms with van der Waals surface area (Å²) in [5.41, 5.74) is 6.87. The fourth-order valence-corrected chi connectivity index (χ4v) is 1.97. The van der Waals surface area contributed by atoms with Crippen LogP contribution in [0.5, 0.6) is 0 Å². The van der Waals surface area contributed by atoms with Crippen molar-refractivity contribution in [2.75, 3.05) is 24.6 Å². The molecule has 20 heavy (non-hydrogen) atoms. The minimum Gasteiger partial charge on any atom is -0.481 e. The van der Waals surface area contributed by atoms with Crippen molar-refractivity contribution in [1.29, 1.82) is 0 Å². The summed E-state index contributed by atoms with van der Waals surface area (Å²) < 4.78 is 0. The molecule has 1 amide bonds. The molecular formula is C14H21N3O3. The van der Waals surface area contributed by atoms with E-state index in [0.29, 0.717) is 24.3 Å². The number of carboxylic acid groups (broad SMARTS) is 1. The number of carbonyl (C=O) groups excluding carboxylic acids is 1. The van der Waals surface area contributed by atoms with Crippen molar-refractivity contribution in [2.45, 2.75) is 25.8 Å². The minimum atomic E-state index is -0.872. The van der Waals surface area contributed by atoms with Gasteiger partial charge in [-0.15, -0.1) is 0 Å². The summed E-state index contributed by atoms with van der Waals surface area (Å²) in [4.78, 5) is 24.5. The first-order valence-corrected chi connectivity index (χ1v) is 6.52. The first-order chi connectivity index (χ1) is 9.43. The normalized spacial score (nSPS) is 12.2. The van der Waals surface area contributed by atoms with Gasteiger partial charge in [0.1, 0.15) is 0 Å². The number of nitrogens with one attached hydrogen (secondary N) is 1. The van der Waals surface area contributed by atoms with Crippen LogP contribution >= 0.6 is 0 Å². The summed E-state index contributed by atoms with van der Waals surface area (Å²) >= 11 is 0. The zero-order chi connectivity index (χ0) is 15.1. The monoisotopic (exact) mass is 279 g/mol. The minimum absolute atomic E-state index is 0.0125. The maximum Gasteiger partial charge on any atom is 0.304 e. The second-order valence-electron chi connectivity index (χ2n) is 4.66. The number of rotatable bonds is 7. The SMILES string of the molecule is CCC(C(=O)Nc1cccc(N)c1)N(C)CCC(=O)O. The van der Waals surface area contributed by atoms with E-state index < -0.39 is 5.97 Å². The van der Waals surface area contributed by atoms with Gasteiger partial charge in [-0.05, 0) is 31.7 Å². The van der Waals surface area contributed by atoms with Crippen LogP contribution < -0.4 is 11.1 Å². The molecule has 0 saturated carbocycles. The highest BCUT2D eigenvalue weighted by molar-refractivity contribution is 5.95. The smallest absolute Gasteiger partial charge is 0.304 e. The lowest BCUT2D eigenvalue weighted by Gasteiger charge is -2.25. The number of likely N-dealkylation sites (N-methyl/N-ethyl adjacent to an activating group) is 1. The predicted molar refractivity (Wildman–Crippen MR) is 78.4 cm³/mol. The fourth-order valence-electron chi connectivity index (χ4n) is 1.97. The summed E-state index contributed by atoms with van der Waals surface area (Å²) in [6.07, 6.45) is 0.614. The zero-order valence-corrected chi connectivity index (χ0v) is 11.8. The lowest BCUT2D eigenvalue weighted by atomic mass is 10.1. The van der Waals surface area contributed by atoms with Crippen LogP contribution in [0.25, 0.3) is 0 Å². The molecule has 0 aliphatic heterocycles. The van der Waals surface area contributed by atoms with E-state index in [1.807, 2.05) is 6.92 Å². The van der Waals surface area contributed by atoms with E-state index in [-0.39, 0.29) is 18.4 Å². The molecule has 6 heteroatoms. The Kier molecular flexibility index (Phi) is 5.99. The lowest BCUT2D eigenvalue weighted by Crippen LogP contribution is -2.42. The second kappa shape index (κ2) is 7.49. The number of nitrogen functional groups attached to an aromatic ring is 1. The Hall–Kier alpha value is -2.08. The molecule has 6 nitrogen and oxygen atoms in total. The number of aliphatic carboxylic acids is 1. The molecule has 1 aromatic carbocycles. The largest absolute Gasteiger partial charge is 0.481 e. The number of carbonyl (C=O) groups is 2. The highest BCUT2D eigenvalue weighted by Gasteiger charge is 2.21. The topological polar surface area (TPSA) is 95.7 Å². The van der Waals surface area contributed by atoms with Crippen molar-refractivity contribution in [3.05, 3.63) is 24.3 Å². The van der Waals surface area contributed by atoms with Gasteiger partial charge in [0.25, 0.3) is 0 Å². The first-order valence-electron chi connectivity index (χ1n) is 6.52. The van der Waals surface area contributed by atoms with Crippen molar-refractivity contribution >= 4 is 23.3 Å². The van der Waals surface area contributed by atoms with Gasteiger partial charge in [-0.3, -0.25) is 14.5 Å². The van der Waals surface area contributed by atoms with Gasteiger partial charge in [-0.1, -0.05) is 13.0 Å². The second-order valence-corrected chi connectivity index (χ2v) is 4.66. The molecule has 1 rings (SSSR count). The van der Waals surface area contributed by atoms with E-state index in [4.69, 9.17) is 10.8 Å². The van der Waals surface area contributed by atoms with E-state index in [9.17, 15) is 9.59 Å². The number of anilines is 2. The summed E-state index contributed by atoms with van der Waals surface area (Å²) in [6, 6.07) is 6.59.